The number of aromatic nitrogens is 2. The van der Waals surface area contributed by atoms with Gasteiger partial charge < -0.3 is 15.0 Å². The van der Waals surface area contributed by atoms with Crippen LogP contribution < -0.4 is 11.2 Å². The van der Waals surface area contributed by atoms with Gasteiger partial charge in [-0.3, -0.25) is 14.2 Å². The van der Waals surface area contributed by atoms with Crippen LogP contribution in [-0.2, 0) is 16.9 Å². The van der Waals surface area contributed by atoms with Crippen molar-refractivity contribution < 1.29 is 9.90 Å². The van der Waals surface area contributed by atoms with Crippen LogP contribution in [0.4, 0.5) is 0 Å². The Labute approximate surface area is 183 Å². The number of amides is 1. The zero-order valence-corrected chi connectivity index (χ0v) is 17.8. The summed E-state index contributed by atoms with van der Waals surface area (Å²) in [6, 6.07) is 14.0. The normalized spacial score (nSPS) is 15.9. The molecule has 0 aliphatic carbocycles. The summed E-state index contributed by atoms with van der Waals surface area (Å²) in [6.45, 7) is 1.08. The molecular weight excluding hydrogens is 418 g/mol. The highest BCUT2D eigenvalue weighted by atomic mass is 35.5. The number of hydrogen-bond donors (Lipinski definition) is 2. The van der Waals surface area contributed by atoms with E-state index in [0.29, 0.717) is 48.3 Å². The van der Waals surface area contributed by atoms with E-state index in [2.05, 4.69) is 4.98 Å². The van der Waals surface area contributed by atoms with E-state index in [1.165, 1.54) is 0 Å². The molecule has 1 saturated heterocycles. The average molecular weight is 442 g/mol. The van der Waals surface area contributed by atoms with Crippen molar-refractivity contribution in [2.24, 2.45) is 0 Å². The van der Waals surface area contributed by atoms with Gasteiger partial charge in [0.15, 0.2) is 0 Å². The molecule has 0 spiro atoms. The predicted molar refractivity (Wildman–Crippen MR) is 119 cm³/mol. The minimum absolute atomic E-state index is 0.0385. The standard InChI is InChI=1S/C23H24ClN3O4/c24-17-9-7-16(8-10-17)23(31)11-14-26(15-12-23)20(28)6-3-13-27-21(29)18-4-1-2-5-19(18)25-22(27)30/h1-2,4-5,7-10,31H,3,6,11-15H2,(H,25,30). The molecule has 2 heterocycles. The van der Waals surface area contributed by atoms with E-state index in [9.17, 15) is 19.5 Å². The molecule has 3 aromatic rings. The first kappa shape index (κ1) is 21.3. The number of carbonyl (C=O) groups excluding carboxylic acids is 1. The summed E-state index contributed by atoms with van der Waals surface area (Å²) in [5.74, 6) is -0.0385. The number of aromatic amines is 1. The summed E-state index contributed by atoms with van der Waals surface area (Å²) in [5, 5.41) is 12.0. The van der Waals surface area contributed by atoms with E-state index in [1.807, 2.05) is 12.1 Å². The summed E-state index contributed by atoms with van der Waals surface area (Å²) < 4.78 is 1.14. The van der Waals surface area contributed by atoms with E-state index in [-0.39, 0.29) is 24.4 Å². The van der Waals surface area contributed by atoms with Gasteiger partial charge in [-0.15, -0.1) is 0 Å². The summed E-state index contributed by atoms with van der Waals surface area (Å²) in [7, 11) is 0. The third-order valence-corrected chi connectivity index (χ3v) is 6.24. The number of fused-ring (bicyclic) bond motifs is 1. The zero-order chi connectivity index (χ0) is 22.0. The molecule has 2 N–H and O–H groups in total. The second kappa shape index (κ2) is 8.69. The number of hydrogen-bond acceptors (Lipinski definition) is 4. The maximum Gasteiger partial charge on any atom is 0.328 e. The zero-order valence-electron chi connectivity index (χ0n) is 17.0. The SMILES string of the molecule is O=C(CCCn1c(=O)[nH]c2ccccc2c1=O)N1CCC(O)(c2ccc(Cl)cc2)CC1. The molecule has 162 valence electrons. The number of halogens is 1. The molecule has 7 nitrogen and oxygen atoms in total. The van der Waals surface area contributed by atoms with Gasteiger partial charge in [0.25, 0.3) is 5.56 Å². The van der Waals surface area contributed by atoms with Crippen LogP contribution in [0.15, 0.2) is 58.1 Å². The van der Waals surface area contributed by atoms with Crippen molar-refractivity contribution in [1.29, 1.82) is 0 Å². The van der Waals surface area contributed by atoms with Crippen molar-refractivity contribution in [2.75, 3.05) is 13.1 Å². The van der Waals surface area contributed by atoms with E-state index < -0.39 is 11.3 Å². The maximum atomic E-state index is 12.6. The van der Waals surface area contributed by atoms with Gasteiger partial charge in [-0.05, 0) is 49.1 Å². The lowest BCUT2D eigenvalue weighted by atomic mass is 9.84. The number of benzene rings is 2. The molecule has 0 radical (unpaired) electrons. The molecular formula is C23H24ClN3O4. The number of aliphatic hydroxyl groups is 1. The molecule has 4 rings (SSSR count). The van der Waals surface area contributed by atoms with Gasteiger partial charge >= 0.3 is 5.69 Å². The van der Waals surface area contributed by atoms with Crippen LogP contribution in [0.3, 0.4) is 0 Å². The average Bonchev–Trinajstić information content (AvgIpc) is 2.77. The number of nitrogens with one attached hydrogen (secondary N) is 1. The van der Waals surface area contributed by atoms with Gasteiger partial charge in [0, 0.05) is 31.1 Å². The Bertz CT molecular complexity index is 1210. The molecule has 8 heteroatoms. The molecule has 0 atom stereocenters. The van der Waals surface area contributed by atoms with Crippen molar-refractivity contribution in [2.45, 2.75) is 37.8 Å². The van der Waals surface area contributed by atoms with Crippen molar-refractivity contribution in [3.8, 4) is 0 Å². The first-order valence-corrected chi connectivity index (χ1v) is 10.7. The van der Waals surface area contributed by atoms with Crippen LogP contribution in [0.25, 0.3) is 10.9 Å². The molecule has 1 amide bonds. The van der Waals surface area contributed by atoms with Crippen LogP contribution in [0.2, 0.25) is 5.02 Å². The Balaban J connectivity index is 1.34. The Morgan fingerprint density at radius 3 is 2.45 bits per heavy atom. The fourth-order valence-corrected chi connectivity index (χ4v) is 4.25. The lowest BCUT2D eigenvalue weighted by Gasteiger charge is -2.38. The maximum absolute atomic E-state index is 12.6. The second-order valence-electron chi connectivity index (χ2n) is 7.96. The highest BCUT2D eigenvalue weighted by Crippen LogP contribution is 2.33. The fraction of sp³-hybridized carbons (Fsp3) is 0.348. The van der Waals surface area contributed by atoms with Crippen molar-refractivity contribution in [1.82, 2.24) is 14.5 Å². The van der Waals surface area contributed by atoms with Gasteiger partial charge in [0.05, 0.1) is 16.5 Å². The lowest BCUT2D eigenvalue weighted by Crippen LogP contribution is -2.45. The third-order valence-electron chi connectivity index (χ3n) is 5.99. The summed E-state index contributed by atoms with van der Waals surface area (Å²) in [6.07, 6.45) is 1.52. The molecule has 0 saturated carbocycles. The Kier molecular flexibility index (Phi) is 5.98. The molecule has 31 heavy (non-hydrogen) atoms. The molecule has 1 aromatic heterocycles. The molecule has 0 unspecified atom stereocenters. The number of H-pyrrole nitrogens is 1. The molecule has 2 aromatic carbocycles. The number of para-hydroxylation sites is 1. The van der Waals surface area contributed by atoms with E-state index in [0.717, 1.165) is 10.1 Å². The topological polar surface area (TPSA) is 95.4 Å². The molecule has 1 aliphatic rings. The van der Waals surface area contributed by atoms with Crippen molar-refractivity contribution in [3.05, 3.63) is 80.0 Å². The minimum atomic E-state index is -0.965. The van der Waals surface area contributed by atoms with Crippen molar-refractivity contribution >= 4 is 28.4 Å². The number of likely N-dealkylation sites (tertiary alicyclic amines) is 1. The van der Waals surface area contributed by atoms with Gasteiger partial charge in [0.1, 0.15) is 0 Å². The van der Waals surface area contributed by atoms with E-state index >= 15 is 0 Å². The third kappa shape index (κ3) is 4.43. The van der Waals surface area contributed by atoms with Gasteiger partial charge in [0.2, 0.25) is 5.91 Å². The van der Waals surface area contributed by atoms with Gasteiger partial charge in [-0.2, -0.15) is 0 Å². The highest BCUT2D eigenvalue weighted by molar-refractivity contribution is 6.30. The van der Waals surface area contributed by atoms with Crippen LogP contribution in [-0.4, -0.2) is 38.6 Å². The highest BCUT2D eigenvalue weighted by Gasteiger charge is 2.35. The lowest BCUT2D eigenvalue weighted by molar-refractivity contribution is -0.135. The van der Waals surface area contributed by atoms with Crippen LogP contribution in [0.5, 0.6) is 0 Å². The van der Waals surface area contributed by atoms with Gasteiger partial charge in [-0.1, -0.05) is 35.9 Å². The first-order chi connectivity index (χ1) is 14.9. The van der Waals surface area contributed by atoms with Gasteiger partial charge in [-0.25, -0.2) is 4.79 Å². The van der Waals surface area contributed by atoms with E-state index in [1.54, 1.807) is 41.3 Å². The Hall–Kier alpha value is -2.90. The Morgan fingerprint density at radius 2 is 1.74 bits per heavy atom. The number of nitrogens with zero attached hydrogens (tertiary/aromatic N) is 2. The summed E-state index contributed by atoms with van der Waals surface area (Å²) in [4.78, 5) is 41.9. The monoisotopic (exact) mass is 441 g/mol. The van der Waals surface area contributed by atoms with Crippen LogP contribution >= 0.6 is 11.6 Å². The molecule has 0 bridgehead atoms. The van der Waals surface area contributed by atoms with E-state index in [4.69, 9.17) is 11.6 Å². The smallest absolute Gasteiger partial charge is 0.328 e. The second-order valence-corrected chi connectivity index (χ2v) is 8.39. The van der Waals surface area contributed by atoms with Crippen LogP contribution in [0, 0.1) is 0 Å². The quantitative estimate of drug-likeness (QED) is 0.636. The Morgan fingerprint density at radius 1 is 1.06 bits per heavy atom. The largest absolute Gasteiger partial charge is 0.385 e. The summed E-state index contributed by atoms with van der Waals surface area (Å²) in [5.41, 5.74) is -0.474. The number of rotatable bonds is 5. The minimum Gasteiger partial charge on any atom is -0.385 e. The fourth-order valence-electron chi connectivity index (χ4n) is 4.12. The molecule has 1 fully saturated rings. The van der Waals surface area contributed by atoms with Crippen molar-refractivity contribution in [3.63, 3.8) is 0 Å². The first-order valence-electron chi connectivity index (χ1n) is 10.4. The predicted octanol–water partition coefficient (Wildman–Crippen LogP) is 2.63. The number of piperidine rings is 1. The summed E-state index contributed by atoms with van der Waals surface area (Å²) >= 11 is 5.92. The van der Waals surface area contributed by atoms with Crippen LogP contribution in [0.1, 0.15) is 31.2 Å². The number of carbonyl (C=O) groups is 1. The molecule has 1 aliphatic heterocycles.